The van der Waals surface area contributed by atoms with Gasteiger partial charge in [-0.05, 0) is 25.8 Å². The molecule has 0 radical (unpaired) electrons. The standard InChI is InChI=1S/C14H20F3N5O2S/c1-4-11(22-8-6-13(20-22)14(15,16)17)5-7-19-25(23,24)12-9-18-21(3)10(12)2/h6,8-9,11,19H,4-5,7H2,1-3H3. The van der Waals surface area contributed by atoms with E-state index >= 15 is 0 Å². The van der Waals surface area contributed by atoms with Crippen molar-refractivity contribution in [1.29, 1.82) is 0 Å². The van der Waals surface area contributed by atoms with Gasteiger partial charge in [-0.3, -0.25) is 9.36 Å². The smallest absolute Gasteiger partial charge is 0.272 e. The average Bonchev–Trinajstić information content (AvgIpc) is 3.12. The van der Waals surface area contributed by atoms with Crippen molar-refractivity contribution in [3.05, 3.63) is 29.8 Å². The van der Waals surface area contributed by atoms with Crippen molar-refractivity contribution >= 4 is 10.0 Å². The molecule has 1 unspecified atom stereocenters. The third kappa shape index (κ3) is 4.40. The molecule has 7 nitrogen and oxygen atoms in total. The van der Waals surface area contributed by atoms with Crippen molar-refractivity contribution in [3.63, 3.8) is 0 Å². The Labute approximate surface area is 143 Å². The minimum atomic E-state index is -4.50. The van der Waals surface area contributed by atoms with Crippen molar-refractivity contribution < 1.29 is 21.6 Å². The van der Waals surface area contributed by atoms with E-state index < -0.39 is 21.9 Å². The fourth-order valence-corrected chi connectivity index (χ4v) is 3.65. The Morgan fingerprint density at radius 3 is 2.52 bits per heavy atom. The molecule has 0 aliphatic carbocycles. The van der Waals surface area contributed by atoms with Crippen molar-refractivity contribution in [2.75, 3.05) is 6.54 Å². The maximum Gasteiger partial charge on any atom is 0.435 e. The molecule has 0 spiro atoms. The maximum absolute atomic E-state index is 12.6. The van der Waals surface area contributed by atoms with Crippen molar-refractivity contribution in [2.24, 2.45) is 7.05 Å². The highest BCUT2D eigenvalue weighted by molar-refractivity contribution is 7.89. The molecule has 2 aromatic heterocycles. The minimum Gasteiger partial charge on any atom is -0.272 e. The number of hydrogen-bond acceptors (Lipinski definition) is 4. The molecule has 2 rings (SSSR count). The van der Waals surface area contributed by atoms with E-state index in [1.54, 1.807) is 20.9 Å². The maximum atomic E-state index is 12.6. The molecular formula is C14H20F3N5O2S. The fraction of sp³-hybridized carbons (Fsp3) is 0.571. The predicted molar refractivity (Wildman–Crippen MR) is 84.3 cm³/mol. The van der Waals surface area contributed by atoms with Crippen LogP contribution < -0.4 is 4.72 Å². The summed E-state index contributed by atoms with van der Waals surface area (Å²) in [7, 11) is -2.08. The normalized spacial score (nSPS) is 14.0. The van der Waals surface area contributed by atoms with Crippen molar-refractivity contribution in [1.82, 2.24) is 24.3 Å². The monoisotopic (exact) mass is 379 g/mol. The van der Waals surface area contributed by atoms with E-state index in [1.807, 2.05) is 0 Å². The molecular weight excluding hydrogens is 359 g/mol. The SMILES string of the molecule is CCC(CCNS(=O)(=O)c1cnn(C)c1C)n1ccc(C(F)(F)F)n1. The van der Waals surface area contributed by atoms with Gasteiger partial charge in [0.05, 0.1) is 17.9 Å². The lowest BCUT2D eigenvalue weighted by atomic mass is 10.1. The number of hydrogen-bond donors (Lipinski definition) is 1. The summed E-state index contributed by atoms with van der Waals surface area (Å²) in [5, 5.41) is 7.44. The van der Waals surface area contributed by atoms with Gasteiger partial charge in [0.1, 0.15) is 4.90 Å². The Morgan fingerprint density at radius 2 is 2.04 bits per heavy atom. The average molecular weight is 379 g/mol. The first-order valence-electron chi connectivity index (χ1n) is 7.67. The van der Waals surface area contributed by atoms with Crippen LogP contribution in [-0.4, -0.2) is 34.5 Å². The molecule has 0 aliphatic rings. The zero-order valence-corrected chi connectivity index (χ0v) is 14.9. The van der Waals surface area contributed by atoms with Gasteiger partial charge in [0.2, 0.25) is 10.0 Å². The lowest BCUT2D eigenvalue weighted by Gasteiger charge is -2.16. The van der Waals surface area contributed by atoms with Gasteiger partial charge in [-0.25, -0.2) is 13.1 Å². The van der Waals surface area contributed by atoms with Crippen LogP contribution >= 0.6 is 0 Å². The van der Waals surface area contributed by atoms with Crippen molar-refractivity contribution in [2.45, 2.75) is 43.8 Å². The highest BCUT2D eigenvalue weighted by atomic mass is 32.2. The Balaban J connectivity index is 2.02. The lowest BCUT2D eigenvalue weighted by molar-refractivity contribution is -0.141. The van der Waals surface area contributed by atoms with E-state index in [2.05, 4.69) is 14.9 Å². The Kier molecular flexibility index (Phi) is 5.57. The van der Waals surface area contributed by atoms with Gasteiger partial charge in [0.25, 0.3) is 0 Å². The van der Waals surface area contributed by atoms with Gasteiger partial charge in [-0.15, -0.1) is 0 Å². The van der Waals surface area contributed by atoms with Crippen molar-refractivity contribution in [3.8, 4) is 0 Å². The van der Waals surface area contributed by atoms with Gasteiger partial charge in [-0.2, -0.15) is 23.4 Å². The minimum absolute atomic E-state index is 0.0797. The second-order valence-corrected chi connectivity index (χ2v) is 7.38. The number of alkyl halides is 3. The van der Waals surface area contributed by atoms with E-state index in [0.29, 0.717) is 18.5 Å². The molecule has 0 saturated heterocycles. The Morgan fingerprint density at radius 1 is 1.36 bits per heavy atom. The largest absolute Gasteiger partial charge is 0.435 e. The number of aromatic nitrogens is 4. The van der Waals surface area contributed by atoms with E-state index in [4.69, 9.17) is 0 Å². The molecule has 2 heterocycles. The summed E-state index contributed by atoms with van der Waals surface area (Å²) in [6, 6.07) is 0.569. The zero-order valence-electron chi connectivity index (χ0n) is 14.1. The Hall–Kier alpha value is -1.88. The molecule has 1 atom stereocenters. The molecule has 11 heteroatoms. The number of sulfonamides is 1. The summed E-state index contributed by atoms with van der Waals surface area (Å²) in [6.45, 7) is 3.52. The second kappa shape index (κ2) is 7.16. The summed E-state index contributed by atoms with van der Waals surface area (Å²) in [6.07, 6.45) is -1.14. The zero-order chi connectivity index (χ0) is 18.8. The van der Waals surface area contributed by atoms with Crippen LogP contribution in [0.5, 0.6) is 0 Å². The van der Waals surface area contributed by atoms with E-state index in [0.717, 1.165) is 6.07 Å². The molecule has 2 aromatic rings. The predicted octanol–water partition coefficient (Wildman–Crippen LogP) is 2.26. The molecule has 0 fully saturated rings. The van der Waals surface area contributed by atoms with Crippen LogP contribution in [-0.2, 0) is 23.2 Å². The summed E-state index contributed by atoms with van der Waals surface area (Å²) in [5.74, 6) is 0. The van der Waals surface area contributed by atoms with Gasteiger partial charge in [-0.1, -0.05) is 6.92 Å². The summed E-state index contributed by atoms with van der Waals surface area (Å²) < 4.78 is 67.6. The van der Waals surface area contributed by atoms with Crippen LogP contribution in [0.4, 0.5) is 13.2 Å². The number of aryl methyl sites for hydroxylation is 1. The summed E-state index contributed by atoms with van der Waals surface area (Å²) in [5.41, 5.74) is -0.459. The fourth-order valence-electron chi connectivity index (χ4n) is 2.40. The topological polar surface area (TPSA) is 81.8 Å². The first kappa shape index (κ1) is 19.4. The summed E-state index contributed by atoms with van der Waals surface area (Å²) in [4.78, 5) is 0.0847. The number of rotatable bonds is 7. The third-order valence-corrected chi connectivity index (χ3v) is 5.56. The molecule has 0 amide bonds. The molecule has 0 aromatic carbocycles. The first-order chi connectivity index (χ1) is 11.6. The van der Waals surface area contributed by atoms with Crippen LogP contribution in [0, 0.1) is 6.92 Å². The molecule has 0 aliphatic heterocycles. The number of halogens is 3. The highest BCUT2D eigenvalue weighted by Crippen LogP contribution is 2.28. The second-order valence-electron chi connectivity index (χ2n) is 5.65. The first-order valence-corrected chi connectivity index (χ1v) is 9.15. The number of nitrogens with zero attached hydrogens (tertiary/aromatic N) is 4. The van der Waals surface area contributed by atoms with Gasteiger partial charge in [0, 0.05) is 19.8 Å². The van der Waals surface area contributed by atoms with Crippen LogP contribution in [0.3, 0.4) is 0 Å². The van der Waals surface area contributed by atoms with Crippen LogP contribution in [0.15, 0.2) is 23.4 Å². The van der Waals surface area contributed by atoms with E-state index in [1.165, 1.54) is 21.8 Å². The van der Waals surface area contributed by atoms with Crippen LogP contribution in [0.2, 0.25) is 0 Å². The van der Waals surface area contributed by atoms with E-state index in [-0.39, 0.29) is 17.5 Å². The third-order valence-electron chi connectivity index (χ3n) is 3.99. The quantitative estimate of drug-likeness (QED) is 0.800. The van der Waals surface area contributed by atoms with Crippen LogP contribution in [0.25, 0.3) is 0 Å². The molecule has 0 bridgehead atoms. The Bertz CT molecular complexity index is 826. The molecule has 25 heavy (non-hydrogen) atoms. The highest BCUT2D eigenvalue weighted by Gasteiger charge is 2.34. The van der Waals surface area contributed by atoms with E-state index in [9.17, 15) is 21.6 Å². The summed E-state index contributed by atoms with van der Waals surface area (Å²) >= 11 is 0. The van der Waals surface area contributed by atoms with Gasteiger partial charge in [0.15, 0.2) is 5.69 Å². The van der Waals surface area contributed by atoms with Gasteiger partial charge < -0.3 is 0 Å². The molecule has 1 N–H and O–H groups in total. The molecule has 0 saturated carbocycles. The molecule has 140 valence electrons. The van der Waals surface area contributed by atoms with Crippen LogP contribution in [0.1, 0.15) is 37.2 Å². The number of nitrogens with one attached hydrogen (secondary N) is 1. The lowest BCUT2D eigenvalue weighted by Crippen LogP contribution is -2.27. The van der Waals surface area contributed by atoms with Gasteiger partial charge >= 0.3 is 6.18 Å².